The minimum absolute atomic E-state index is 0.0481. The number of aryl methyl sites for hydroxylation is 1. The number of nitrogens with one attached hydrogen (secondary N) is 1. The van der Waals surface area contributed by atoms with Crippen molar-refractivity contribution in [2.45, 2.75) is 38.6 Å². The third-order valence-electron chi connectivity index (χ3n) is 5.33. The molecule has 0 bridgehead atoms. The second-order valence-corrected chi connectivity index (χ2v) is 7.05. The van der Waals surface area contributed by atoms with E-state index in [1.54, 1.807) is 18.7 Å². The highest BCUT2D eigenvalue weighted by Gasteiger charge is 2.24. The molecule has 0 spiro atoms. The van der Waals surface area contributed by atoms with Gasteiger partial charge in [-0.2, -0.15) is 0 Å². The quantitative estimate of drug-likeness (QED) is 0.908. The molecule has 2 aromatic heterocycles. The van der Waals surface area contributed by atoms with Gasteiger partial charge in [0.25, 0.3) is 5.91 Å². The average molecular weight is 355 g/mol. The molecule has 0 saturated carbocycles. The van der Waals surface area contributed by atoms with E-state index in [0.29, 0.717) is 11.3 Å². The lowest BCUT2D eigenvalue weighted by Crippen LogP contribution is -2.45. The molecule has 2 aliphatic heterocycles. The fourth-order valence-electron chi connectivity index (χ4n) is 3.77. The van der Waals surface area contributed by atoms with Crippen LogP contribution in [0.4, 0.5) is 11.6 Å². The molecule has 26 heavy (non-hydrogen) atoms. The Morgan fingerprint density at radius 1 is 1.12 bits per heavy atom. The van der Waals surface area contributed by atoms with Gasteiger partial charge in [0.1, 0.15) is 23.7 Å². The molecule has 2 aliphatic rings. The van der Waals surface area contributed by atoms with E-state index in [1.165, 1.54) is 12.8 Å². The van der Waals surface area contributed by atoms with Gasteiger partial charge in [0.15, 0.2) is 0 Å². The largest absolute Gasteiger partial charge is 0.469 e. The first-order valence-corrected chi connectivity index (χ1v) is 9.37. The molecular weight excluding hydrogens is 330 g/mol. The second kappa shape index (κ2) is 7.35. The van der Waals surface area contributed by atoms with Gasteiger partial charge in [-0.25, -0.2) is 9.97 Å². The van der Waals surface area contributed by atoms with Gasteiger partial charge < -0.3 is 19.5 Å². The Hall–Kier alpha value is -2.57. The number of carbonyl (C=O) groups excluding carboxylic acids is 1. The first-order chi connectivity index (χ1) is 12.7. The third-order valence-corrected chi connectivity index (χ3v) is 5.33. The molecule has 0 radical (unpaired) electrons. The second-order valence-electron chi connectivity index (χ2n) is 7.05. The monoisotopic (exact) mass is 355 g/mol. The van der Waals surface area contributed by atoms with E-state index < -0.39 is 0 Å². The molecule has 0 aromatic carbocycles. The lowest BCUT2D eigenvalue weighted by molar-refractivity contribution is 0.0929. The zero-order chi connectivity index (χ0) is 17.9. The molecule has 2 saturated heterocycles. The summed E-state index contributed by atoms with van der Waals surface area (Å²) in [5, 5.41) is 3.12. The number of aromatic nitrogens is 2. The van der Waals surface area contributed by atoms with Crippen LogP contribution in [0.1, 0.15) is 41.8 Å². The summed E-state index contributed by atoms with van der Waals surface area (Å²) in [6.45, 7) is 5.73. The number of rotatable bonds is 4. The van der Waals surface area contributed by atoms with Gasteiger partial charge in [0.2, 0.25) is 0 Å². The highest BCUT2D eigenvalue weighted by Crippen LogP contribution is 2.24. The summed E-state index contributed by atoms with van der Waals surface area (Å²) in [6.07, 6.45) is 7.51. The molecule has 4 rings (SSSR count). The Labute approximate surface area is 153 Å². The molecule has 4 heterocycles. The Bertz CT molecular complexity index is 761. The normalized spacial score (nSPS) is 18.3. The van der Waals surface area contributed by atoms with Crippen LogP contribution in [-0.4, -0.2) is 48.1 Å². The fraction of sp³-hybridized carbons (Fsp3) is 0.526. The molecule has 2 aromatic rings. The summed E-state index contributed by atoms with van der Waals surface area (Å²) in [6, 6.07) is 4.01. The summed E-state index contributed by atoms with van der Waals surface area (Å²) < 4.78 is 5.22. The Kier molecular flexibility index (Phi) is 4.77. The number of nitrogens with zero attached hydrogens (tertiary/aromatic N) is 4. The first kappa shape index (κ1) is 16.9. The summed E-state index contributed by atoms with van der Waals surface area (Å²) in [7, 11) is 0. The number of hydrogen-bond acceptors (Lipinski definition) is 6. The Balaban J connectivity index is 1.34. The van der Waals surface area contributed by atoms with Gasteiger partial charge in [-0.1, -0.05) is 0 Å². The predicted octanol–water partition coefficient (Wildman–Crippen LogP) is 2.38. The maximum Gasteiger partial charge on any atom is 0.255 e. The molecule has 138 valence electrons. The number of anilines is 2. The maximum atomic E-state index is 12.3. The smallest absolute Gasteiger partial charge is 0.255 e. The van der Waals surface area contributed by atoms with E-state index in [2.05, 4.69) is 31.2 Å². The molecule has 1 amide bonds. The number of hydrogen-bond donors (Lipinski definition) is 1. The van der Waals surface area contributed by atoms with Crippen LogP contribution in [0.15, 0.2) is 29.1 Å². The van der Waals surface area contributed by atoms with Crippen molar-refractivity contribution in [1.82, 2.24) is 15.3 Å². The van der Waals surface area contributed by atoms with Gasteiger partial charge in [0, 0.05) is 38.3 Å². The predicted molar refractivity (Wildman–Crippen MR) is 99.6 cm³/mol. The molecule has 7 heteroatoms. The van der Waals surface area contributed by atoms with E-state index in [-0.39, 0.29) is 11.9 Å². The minimum atomic E-state index is -0.0481. The number of piperidine rings is 1. The van der Waals surface area contributed by atoms with Crippen molar-refractivity contribution in [3.05, 3.63) is 36.0 Å². The van der Waals surface area contributed by atoms with Crippen LogP contribution in [0.25, 0.3) is 0 Å². The van der Waals surface area contributed by atoms with Gasteiger partial charge in [0.05, 0.1) is 11.8 Å². The maximum absolute atomic E-state index is 12.3. The van der Waals surface area contributed by atoms with Gasteiger partial charge >= 0.3 is 0 Å². The van der Waals surface area contributed by atoms with Gasteiger partial charge in [-0.15, -0.1) is 0 Å². The van der Waals surface area contributed by atoms with Crippen molar-refractivity contribution in [2.24, 2.45) is 0 Å². The zero-order valence-electron chi connectivity index (χ0n) is 15.1. The first-order valence-electron chi connectivity index (χ1n) is 9.37. The van der Waals surface area contributed by atoms with Crippen LogP contribution in [0, 0.1) is 6.92 Å². The highest BCUT2D eigenvalue weighted by molar-refractivity contribution is 5.95. The van der Waals surface area contributed by atoms with Crippen LogP contribution in [0.3, 0.4) is 0 Å². The minimum Gasteiger partial charge on any atom is -0.469 e. The van der Waals surface area contributed by atoms with Crippen LogP contribution in [-0.2, 0) is 0 Å². The van der Waals surface area contributed by atoms with Crippen LogP contribution >= 0.6 is 0 Å². The number of carbonyl (C=O) groups is 1. The molecule has 0 aliphatic carbocycles. The highest BCUT2D eigenvalue weighted by atomic mass is 16.3. The van der Waals surface area contributed by atoms with Gasteiger partial charge in [-0.05, 0) is 38.7 Å². The molecule has 2 fully saturated rings. The Morgan fingerprint density at radius 3 is 2.38 bits per heavy atom. The van der Waals surface area contributed by atoms with Crippen molar-refractivity contribution >= 4 is 17.5 Å². The lowest BCUT2D eigenvalue weighted by atomic mass is 10.0. The lowest BCUT2D eigenvalue weighted by Gasteiger charge is -2.33. The molecule has 0 atom stereocenters. The summed E-state index contributed by atoms with van der Waals surface area (Å²) in [4.78, 5) is 25.8. The number of amides is 1. The van der Waals surface area contributed by atoms with E-state index >= 15 is 0 Å². The SMILES string of the molecule is Cc1occc1C(=O)NC1CCN(c2cc(N3CCCC3)ncn2)CC1. The zero-order valence-corrected chi connectivity index (χ0v) is 15.1. The summed E-state index contributed by atoms with van der Waals surface area (Å²) in [5.41, 5.74) is 0.624. The van der Waals surface area contributed by atoms with Crippen LogP contribution < -0.4 is 15.1 Å². The van der Waals surface area contributed by atoms with Crippen molar-refractivity contribution in [3.63, 3.8) is 0 Å². The molecule has 7 nitrogen and oxygen atoms in total. The van der Waals surface area contributed by atoms with Crippen molar-refractivity contribution in [1.29, 1.82) is 0 Å². The summed E-state index contributed by atoms with van der Waals surface area (Å²) in [5.74, 6) is 2.62. The number of furan rings is 1. The summed E-state index contributed by atoms with van der Waals surface area (Å²) >= 11 is 0. The van der Waals surface area contributed by atoms with Crippen molar-refractivity contribution < 1.29 is 9.21 Å². The Morgan fingerprint density at radius 2 is 1.77 bits per heavy atom. The van der Waals surface area contributed by atoms with Gasteiger partial charge in [-0.3, -0.25) is 4.79 Å². The molecule has 0 unspecified atom stereocenters. The third kappa shape index (κ3) is 3.52. The van der Waals surface area contributed by atoms with Crippen molar-refractivity contribution in [3.8, 4) is 0 Å². The average Bonchev–Trinajstić information content (AvgIpc) is 3.34. The van der Waals surface area contributed by atoms with E-state index in [1.807, 2.05) is 6.92 Å². The van der Waals surface area contributed by atoms with Crippen LogP contribution in [0.5, 0.6) is 0 Å². The standard InChI is InChI=1S/C19H25N5O2/c1-14-16(6-11-26-14)19(25)22-15-4-9-24(10-5-15)18-12-17(20-13-21-18)23-7-2-3-8-23/h6,11-13,15H,2-5,7-10H2,1H3,(H,22,25). The molecule has 1 N–H and O–H groups in total. The van der Waals surface area contributed by atoms with Crippen molar-refractivity contribution in [2.75, 3.05) is 36.0 Å². The van der Waals surface area contributed by atoms with E-state index in [9.17, 15) is 4.79 Å². The van der Waals surface area contributed by atoms with Crippen LogP contribution in [0.2, 0.25) is 0 Å². The fourth-order valence-corrected chi connectivity index (χ4v) is 3.77. The van der Waals surface area contributed by atoms with E-state index in [4.69, 9.17) is 4.42 Å². The molecular formula is C19H25N5O2. The topological polar surface area (TPSA) is 74.5 Å². The van der Waals surface area contributed by atoms with E-state index in [0.717, 1.165) is 50.7 Å².